The number of amides is 4. The Balaban J connectivity index is 0.785. The number of nitrogen functional groups attached to an aromatic ring is 1. The molecule has 2 atom stereocenters. The first-order valence-corrected chi connectivity index (χ1v) is 21.7. The summed E-state index contributed by atoms with van der Waals surface area (Å²) in [5.74, 6) is 0.850. The minimum atomic E-state index is -0.357. The normalized spacial score (nSPS) is 21.0. The van der Waals surface area contributed by atoms with Gasteiger partial charge in [-0.15, -0.1) is 10.2 Å². The van der Waals surface area contributed by atoms with Gasteiger partial charge in [0.25, 0.3) is 5.91 Å². The van der Waals surface area contributed by atoms with Crippen LogP contribution in [0.5, 0.6) is 5.75 Å². The van der Waals surface area contributed by atoms with Gasteiger partial charge in [0.2, 0.25) is 5.91 Å². The molecule has 318 valence electrons. The number of imide groups is 1. The number of anilines is 3. The topological polar surface area (TPSA) is 162 Å². The number of morpholine rings is 1. The Morgan fingerprint density at radius 2 is 1.67 bits per heavy atom. The largest absolute Gasteiger partial charge is 0.507 e. The van der Waals surface area contributed by atoms with Crippen LogP contribution in [0.25, 0.3) is 22.2 Å². The first-order valence-electron chi connectivity index (χ1n) is 21.7. The number of carbonyl (C=O) groups excluding carboxylic acids is 3. The van der Waals surface area contributed by atoms with E-state index in [1.807, 2.05) is 61.2 Å². The maximum absolute atomic E-state index is 13.8. The SMILES string of the molecule is Cc1cc(C(=O)N2CCC(CN3CCC(n4c(C)cc5c(N6CCC(=O)NC6=O)cccc54)CC3)CC2)ccc1[C@H]1CN(c2cc(-c3ccccc3O)nnc2N)C[C@H](C)O1. The van der Waals surface area contributed by atoms with Crippen molar-refractivity contribution in [2.75, 3.05) is 67.9 Å². The number of nitrogens with two attached hydrogens (primary N) is 1. The van der Waals surface area contributed by atoms with E-state index < -0.39 is 0 Å². The van der Waals surface area contributed by atoms with Gasteiger partial charge in [0, 0.05) is 87.0 Å². The number of hydrogen-bond acceptors (Lipinski definition) is 10. The smallest absolute Gasteiger partial charge is 0.328 e. The van der Waals surface area contributed by atoms with Gasteiger partial charge in [-0.2, -0.15) is 0 Å². The number of nitrogens with zero attached hydrogens (tertiary/aromatic N) is 7. The summed E-state index contributed by atoms with van der Waals surface area (Å²) in [6.07, 6.45) is 4.07. The van der Waals surface area contributed by atoms with Gasteiger partial charge in [0.1, 0.15) is 11.9 Å². The number of benzene rings is 3. The van der Waals surface area contributed by atoms with E-state index in [1.165, 1.54) is 5.69 Å². The molecule has 14 heteroatoms. The van der Waals surface area contributed by atoms with Crippen molar-refractivity contribution in [1.29, 1.82) is 0 Å². The summed E-state index contributed by atoms with van der Waals surface area (Å²) in [5, 5.41) is 22.4. The van der Waals surface area contributed by atoms with Crippen LogP contribution in [0.2, 0.25) is 0 Å². The monoisotopic (exact) mass is 825 g/mol. The molecule has 4 saturated heterocycles. The summed E-state index contributed by atoms with van der Waals surface area (Å²) in [4.78, 5) is 46.8. The highest BCUT2D eigenvalue weighted by Gasteiger charge is 2.32. The van der Waals surface area contributed by atoms with Gasteiger partial charge >= 0.3 is 6.03 Å². The summed E-state index contributed by atoms with van der Waals surface area (Å²) in [6.45, 7) is 12.4. The fraction of sp³-hybridized carbons (Fsp3) is 0.426. The molecule has 0 radical (unpaired) electrons. The maximum Gasteiger partial charge on any atom is 0.328 e. The molecule has 3 aromatic carbocycles. The predicted molar refractivity (Wildman–Crippen MR) is 236 cm³/mol. The number of aryl methyl sites for hydroxylation is 2. The molecule has 4 fully saturated rings. The molecule has 2 aromatic heterocycles. The van der Waals surface area contributed by atoms with Crippen molar-refractivity contribution in [2.24, 2.45) is 5.92 Å². The van der Waals surface area contributed by atoms with E-state index >= 15 is 0 Å². The van der Waals surface area contributed by atoms with E-state index in [0.29, 0.717) is 60.7 Å². The highest BCUT2D eigenvalue weighted by molar-refractivity contribution is 6.09. The summed E-state index contributed by atoms with van der Waals surface area (Å²) in [6, 6.07) is 23.2. The highest BCUT2D eigenvalue weighted by atomic mass is 16.5. The minimum absolute atomic E-state index is 0.0766. The van der Waals surface area contributed by atoms with E-state index in [0.717, 1.165) is 91.8 Å². The first kappa shape index (κ1) is 40.4. The lowest BCUT2D eigenvalue weighted by molar-refractivity contribution is -0.120. The lowest BCUT2D eigenvalue weighted by Gasteiger charge is -2.39. The molecule has 4 aliphatic rings. The van der Waals surface area contributed by atoms with Crippen molar-refractivity contribution in [3.63, 3.8) is 0 Å². The third-order valence-corrected chi connectivity index (χ3v) is 13.2. The molecular formula is C47H55N9O5. The first-order chi connectivity index (χ1) is 29.5. The number of nitrogens with one attached hydrogen (secondary N) is 1. The highest BCUT2D eigenvalue weighted by Crippen LogP contribution is 2.38. The number of phenols is 1. The van der Waals surface area contributed by atoms with Crippen LogP contribution in [0.4, 0.5) is 22.0 Å². The second-order valence-electron chi connectivity index (χ2n) is 17.3. The molecule has 14 nitrogen and oxygen atoms in total. The van der Waals surface area contributed by atoms with E-state index in [9.17, 15) is 19.5 Å². The number of likely N-dealkylation sites (tertiary alicyclic amines) is 2. The maximum atomic E-state index is 13.8. The lowest BCUT2D eigenvalue weighted by Crippen LogP contribution is -2.49. The molecule has 0 aliphatic carbocycles. The van der Waals surface area contributed by atoms with Crippen LogP contribution in [0.1, 0.15) is 78.4 Å². The zero-order valence-electron chi connectivity index (χ0n) is 35.2. The standard InChI is InChI=1S/C47H55N9O5/c1-29-23-33(11-12-35(29)43-28-54(26-31(3)61-43)41-25-38(50-51-45(41)48)36-7-4-5-10-42(36)57)46(59)53-20-13-32(14-21-53)27-52-18-15-34(16-19-52)56-30(2)24-37-39(8-6-9-40(37)56)55-22-17-44(58)49-47(55)60/h4-12,23-25,31-32,34,43,57H,13-22,26-28H2,1-3H3,(H2,48,51)(H,49,58,60)/t31-,43+/m0/s1. The van der Waals surface area contributed by atoms with Crippen LogP contribution >= 0.6 is 0 Å². The molecule has 61 heavy (non-hydrogen) atoms. The molecule has 0 saturated carbocycles. The molecule has 5 aromatic rings. The molecule has 4 N–H and O–H groups in total. The van der Waals surface area contributed by atoms with E-state index in [4.69, 9.17) is 10.5 Å². The van der Waals surface area contributed by atoms with Gasteiger partial charge in [-0.3, -0.25) is 19.8 Å². The second-order valence-corrected chi connectivity index (χ2v) is 17.3. The van der Waals surface area contributed by atoms with Crippen LogP contribution < -0.4 is 20.9 Å². The van der Waals surface area contributed by atoms with Crippen LogP contribution in [0.15, 0.2) is 72.8 Å². The van der Waals surface area contributed by atoms with Gasteiger partial charge < -0.3 is 34.8 Å². The summed E-state index contributed by atoms with van der Waals surface area (Å²) in [5.41, 5.74) is 14.2. The van der Waals surface area contributed by atoms with Gasteiger partial charge in [0.05, 0.1) is 28.7 Å². The van der Waals surface area contributed by atoms with Crippen molar-refractivity contribution >= 4 is 45.9 Å². The number of carbonyl (C=O) groups is 3. The fourth-order valence-corrected chi connectivity index (χ4v) is 10.1. The molecular weight excluding hydrogens is 771 g/mol. The summed E-state index contributed by atoms with van der Waals surface area (Å²) < 4.78 is 8.92. The Morgan fingerprint density at radius 1 is 0.885 bits per heavy atom. The van der Waals surface area contributed by atoms with E-state index in [-0.39, 0.29) is 35.8 Å². The summed E-state index contributed by atoms with van der Waals surface area (Å²) >= 11 is 0. The third kappa shape index (κ3) is 8.14. The van der Waals surface area contributed by atoms with Crippen LogP contribution in [-0.2, 0) is 9.53 Å². The minimum Gasteiger partial charge on any atom is -0.507 e. The molecule has 4 aliphatic heterocycles. The van der Waals surface area contributed by atoms with Crippen molar-refractivity contribution in [1.82, 2.24) is 29.9 Å². The van der Waals surface area contributed by atoms with Gasteiger partial charge in [-0.1, -0.05) is 24.3 Å². The van der Waals surface area contributed by atoms with Crippen LogP contribution in [0.3, 0.4) is 0 Å². The Bertz CT molecular complexity index is 2470. The molecule has 0 spiro atoms. The number of aromatic hydroxyl groups is 1. The van der Waals surface area contributed by atoms with Gasteiger partial charge in [0.15, 0.2) is 5.82 Å². The number of rotatable bonds is 8. The number of piperidine rings is 2. The number of ether oxygens (including phenoxy) is 1. The van der Waals surface area contributed by atoms with Crippen molar-refractivity contribution in [2.45, 2.75) is 71.1 Å². The Morgan fingerprint density at radius 3 is 2.43 bits per heavy atom. The van der Waals surface area contributed by atoms with Crippen molar-refractivity contribution < 1.29 is 24.2 Å². The second kappa shape index (κ2) is 16.8. The number of urea groups is 1. The number of phenolic OH excluding ortho intramolecular Hbond substituents is 1. The lowest BCUT2D eigenvalue weighted by atomic mass is 9.93. The zero-order valence-corrected chi connectivity index (χ0v) is 35.2. The van der Waals surface area contributed by atoms with Crippen LogP contribution in [0, 0.1) is 19.8 Å². The number of hydrogen-bond donors (Lipinski definition) is 3. The number of aromatic nitrogens is 3. The number of para-hydroxylation sites is 1. The Kier molecular flexibility index (Phi) is 11.1. The molecule has 9 rings (SSSR count). The Labute approximate surface area is 356 Å². The molecule has 4 amide bonds. The van der Waals surface area contributed by atoms with E-state index in [1.54, 1.807) is 23.1 Å². The average Bonchev–Trinajstić information content (AvgIpc) is 3.60. The fourth-order valence-electron chi connectivity index (χ4n) is 10.1. The Hall–Kier alpha value is -5.99. The predicted octanol–water partition coefficient (Wildman–Crippen LogP) is 6.60. The van der Waals surface area contributed by atoms with Gasteiger partial charge in [-0.05, 0) is 112 Å². The van der Waals surface area contributed by atoms with E-state index in [2.05, 4.69) is 48.9 Å². The number of fused-ring (bicyclic) bond motifs is 1. The quantitative estimate of drug-likeness (QED) is 0.155. The molecule has 6 heterocycles. The molecule has 0 unspecified atom stereocenters. The third-order valence-electron chi connectivity index (χ3n) is 13.2. The van der Waals surface area contributed by atoms with Crippen molar-refractivity contribution in [3.05, 3.63) is 95.2 Å². The van der Waals surface area contributed by atoms with Crippen molar-refractivity contribution in [3.8, 4) is 17.0 Å². The summed E-state index contributed by atoms with van der Waals surface area (Å²) in [7, 11) is 0. The van der Waals surface area contributed by atoms with Gasteiger partial charge in [-0.25, -0.2) is 4.79 Å². The molecule has 0 bridgehead atoms. The zero-order chi connectivity index (χ0) is 42.4. The average molecular weight is 826 g/mol. The van der Waals surface area contributed by atoms with Crippen LogP contribution in [-0.4, -0.2) is 106 Å².